The Hall–Kier alpha value is -3.47. The standard InChI is InChI=1S/C24H27F4N3O4S.C2HF3O2/c1-36(33,34)30-23(32)18-11-17(16-4-5-16)22(12-20(18)25)35-14-15-6-9-31(10-7-15)13-21-19(24(26,27)28)3-2-8-29-21;3-2(4,5)1(6)7/h2-3,8,11-12,15-16H,4-7,9-10,13-14H2,1H3,(H,30,32);(H,6,7). The van der Waals surface area contributed by atoms with Crippen molar-refractivity contribution >= 4 is 21.9 Å². The molecule has 43 heavy (non-hydrogen) atoms. The van der Waals surface area contributed by atoms with Gasteiger partial charge >= 0.3 is 18.3 Å². The number of likely N-dealkylation sites (tertiary alicyclic amines) is 1. The fourth-order valence-electron chi connectivity index (χ4n) is 4.36. The summed E-state index contributed by atoms with van der Waals surface area (Å²) in [5.41, 5.74) is -0.402. The van der Waals surface area contributed by atoms with Crippen LogP contribution in [0.4, 0.5) is 30.7 Å². The molecule has 9 nitrogen and oxygen atoms in total. The predicted octanol–water partition coefficient (Wildman–Crippen LogP) is 4.73. The van der Waals surface area contributed by atoms with Crippen LogP contribution in [0.3, 0.4) is 0 Å². The van der Waals surface area contributed by atoms with Crippen molar-refractivity contribution in [1.29, 1.82) is 0 Å². The maximum Gasteiger partial charge on any atom is 0.490 e. The number of amides is 1. The van der Waals surface area contributed by atoms with E-state index in [-0.39, 0.29) is 29.6 Å². The van der Waals surface area contributed by atoms with Gasteiger partial charge in [0.15, 0.2) is 0 Å². The Morgan fingerprint density at radius 3 is 2.21 bits per heavy atom. The van der Waals surface area contributed by atoms with Gasteiger partial charge in [-0.2, -0.15) is 26.3 Å². The summed E-state index contributed by atoms with van der Waals surface area (Å²) in [5, 5.41) is 7.12. The molecule has 4 rings (SSSR count). The van der Waals surface area contributed by atoms with Crippen molar-refractivity contribution in [3.63, 3.8) is 0 Å². The zero-order chi connectivity index (χ0) is 32.2. The molecule has 2 aromatic rings. The molecule has 2 fully saturated rings. The molecule has 0 atom stereocenters. The van der Waals surface area contributed by atoms with Crippen LogP contribution >= 0.6 is 0 Å². The van der Waals surface area contributed by atoms with Gasteiger partial charge in [0.1, 0.15) is 11.6 Å². The number of hydrogen-bond acceptors (Lipinski definition) is 7. The van der Waals surface area contributed by atoms with E-state index in [1.54, 1.807) is 4.72 Å². The number of sulfonamides is 1. The van der Waals surface area contributed by atoms with Gasteiger partial charge in [-0.3, -0.25) is 14.7 Å². The molecule has 1 aliphatic carbocycles. The number of ether oxygens (including phenoxy) is 1. The highest BCUT2D eigenvalue weighted by molar-refractivity contribution is 7.89. The number of hydrogen-bond donors (Lipinski definition) is 2. The minimum Gasteiger partial charge on any atom is -0.493 e. The van der Waals surface area contributed by atoms with Gasteiger partial charge in [-0.15, -0.1) is 0 Å². The molecule has 1 aromatic carbocycles. The van der Waals surface area contributed by atoms with E-state index in [4.69, 9.17) is 14.6 Å². The smallest absolute Gasteiger partial charge is 0.490 e. The second-order valence-electron chi connectivity index (χ2n) is 10.2. The fourth-order valence-corrected chi connectivity index (χ4v) is 4.81. The molecule has 1 saturated heterocycles. The normalized spacial score (nSPS) is 16.7. The number of carbonyl (C=O) groups excluding carboxylic acids is 1. The maximum atomic E-state index is 14.7. The summed E-state index contributed by atoms with van der Waals surface area (Å²) in [4.78, 5) is 26.9. The Morgan fingerprint density at radius 1 is 1.09 bits per heavy atom. The summed E-state index contributed by atoms with van der Waals surface area (Å²) in [6.45, 7) is 1.57. The molecule has 17 heteroatoms. The lowest BCUT2D eigenvalue weighted by Gasteiger charge is -2.32. The average Bonchev–Trinajstić information content (AvgIpc) is 3.72. The van der Waals surface area contributed by atoms with Gasteiger partial charge in [0.05, 0.1) is 29.7 Å². The van der Waals surface area contributed by atoms with Gasteiger partial charge in [-0.1, -0.05) is 0 Å². The van der Waals surface area contributed by atoms with Crippen molar-refractivity contribution in [3.8, 4) is 5.75 Å². The summed E-state index contributed by atoms with van der Waals surface area (Å²) < 4.78 is 117. The van der Waals surface area contributed by atoms with E-state index < -0.39 is 45.6 Å². The van der Waals surface area contributed by atoms with Crippen LogP contribution in [-0.2, 0) is 27.5 Å². The van der Waals surface area contributed by atoms with Crippen LogP contribution in [0.15, 0.2) is 30.5 Å². The topological polar surface area (TPSA) is 126 Å². The van der Waals surface area contributed by atoms with Crippen molar-refractivity contribution in [3.05, 3.63) is 58.7 Å². The molecule has 0 bridgehead atoms. The highest BCUT2D eigenvalue weighted by atomic mass is 32.2. The van der Waals surface area contributed by atoms with Crippen LogP contribution in [0.5, 0.6) is 5.75 Å². The van der Waals surface area contributed by atoms with Crippen molar-refractivity contribution in [1.82, 2.24) is 14.6 Å². The number of halogens is 7. The molecule has 238 valence electrons. The molecular weight excluding hydrogens is 615 g/mol. The Labute approximate surface area is 242 Å². The zero-order valence-corrected chi connectivity index (χ0v) is 23.5. The number of benzene rings is 1. The largest absolute Gasteiger partial charge is 0.493 e. The van der Waals surface area contributed by atoms with Gasteiger partial charge in [-0.25, -0.2) is 22.3 Å². The summed E-state index contributed by atoms with van der Waals surface area (Å²) in [6, 6.07) is 4.80. The summed E-state index contributed by atoms with van der Waals surface area (Å²) >= 11 is 0. The summed E-state index contributed by atoms with van der Waals surface area (Å²) in [7, 11) is -3.84. The first-order valence-electron chi connectivity index (χ1n) is 12.9. The lowest BCUT2D eigenvalue weighted by molar-refractivity contribution is -0.192. The number of nitrogens with one attached hydrogen (secondary N) is 1. The van der Waals surface area contributed by atoms with E-state index in [1.807, 2.05) is 4.90 Å². The molecule has 0 unspecified atom stereocenters. The minimum absolute atomic E-state index is 0.00394. The third kappa shape index (κ3) is 10.3. The van der Waals surface area contributed by atoms with Crippen LogP contribution in [-0.4, -0.2) is 67.4 Å². The molecule has 1 amide bonds. The van der Waals surface area contributed by atoms with Gasteiger partial charge in [0.2, 0.25) is 10.0 Å². The maximum absolute atomic E-state index is 14.7. The number of alkyl halides is 6. The van der Waals surface area contributed by atoms with Crippen LogP contribution in [0.1, 0.15) is 58.8 Å². The number of nitrogens with zero attached hydrogens (tertiary/aromatic N) is 2. The molecule has 1 saturated carbocycles. The number of piperidine rings is 1. The average molecular weight is 644 g/mol. The number of aromatic nitrogens is 1. The first-order valence-corrected chi connectivity index (χ1v) is 14.8. The van der Waals surface area contributed by atoms with E-state index in [1.165, 1.54) is 18.3 Å². The quantitative estimate of drug-likeness (QED) is 0.396. The van der Waals surface area contributed by atoms with E-state index in [2.05, 4.69) is 4.98 Å². The Morgan fingerprint density at radius 2 is 1.70 bits per heavy atom. The lowest BCUT2D eigenvalue weighted by Crippen LogP contribution is -2.36. The molecule has 1 aromatic heterocycles. The third-order valence-electron chi connectivity index (χ3n) is 6.63. The second-order valence-corrected chi connectivity index (χ2v) is 11.9. The van der Waals surface area contributed by atoms with Crippen LogP contribution < -0.4 is 9.46 Å². The number of rotatable bonds is 8. The number of carbonyl (C=O) groups is 2. The number of carboxylic acids is 1. The van der Waals surface area contributed by atoms with Crippen LogP contribution in [0.2, 0.25) is 0 Å². The molecule has 1 aliphatic heterocycles. The van der Waals surface area contributed by atoms with Gasteiger partial charge in [-0.05, 0) is 74.4 Å². The second kappa shape index (κ2) is 13.4. The molecule has 2 aliphatic rings. The summed E-state index contributed by atoms with van der Waals surface area (Å²) in [5.74, 6) is -4.08. The van der Waals surface area contributed by atoms with E-state index in [9.17, 15) is 43.9 Å². The highest BCUT2D eigenvalue weighted by Gasteiger charge is 2.38. The van der Waals surface area contributed by atoms with Gasteiger partial charge in [0, 0.05) is 18.8 Å². The molecule has 0 radical (unpaired) electrons. The van der Waals surface area contributed by atoms with E-state index in [0.717, 1.165) is 31.2 Å². The van der Waals surface area contributed by atoms with Crippen molar-refractivity contribution in [2.24, 2.45) is 5.92 Å². The monoisotopic (exact) mass is 643 g/mol. The van der Waals surface area contributed by atoms with Crippen molar-refractivity contribution < 1.29 is 58.6 Å². The fraction of sp³-hybridized carbons (Fsp3) is 0.500. The summed E-state index contributed by atoms with van der Waals surface area (Å²) in [6.07, 6.45) is -4.24. The van der Waals surface area contributed by atoms with Crippen LogP contribution in [0.25, 0.3) is 0 Å². The molecular formula is C26H28F7N3O6S. The lowest BCUT2D eigenvalue weighted by atomic mass is 9.97. The number of aliphatic carboxylic acids is 1. The Balaban J connectivity index is 0.000000646. The van der Waals surface area contributed by atoms with Crippen molar-refractivity contribution in [2.75, 3.05) is 26.0 Å². The zero-order valence-electron chi connectivity index (χ0n) is 22.6. The number of carboxylic acid groups (broad SMARTS) is 1. The van der Waals surface area contributed by atoms with E-state index in [0.29, 0.717) is 43.9 Å². The minimum atomic E-state index is -5.08. The number of pyridine rings is 1. The molecule has 0 spiro atoms. The first kappa shape index (κ1) is 34.0. The Kier molecular flexibility index (Phi) is 10.6. The van der Waals surface area contributed by atoms with E-state index >= 15 is 0 Å². The van der Waals surface area contributed by atoms with Crippen molar-refractivity contribution in [2.45, 2.75) is 50.5 Å². The molecule has 2 heterocycles. The highest BCUT2D eigenvalue weighted by Crippen LogP contribution is 2.45. The molecule has 2 N–H and O–H groups in total. The Bertz CT molecular complexity index is 1420. The third-order valence-corrected chi connectivity index (χ3v) is 7.19. The van der Waals surface area contributed by atoms with Gasteiger partial charge < -0.3 is 9.84 Å². The predicted molar refractivity (Wildman–Crippen MR) is 137 cm³/mol. The van der Waals surface area contributed by atoms with Gasteiger partial charge in [0.25, 0.3) is 5.91 Å². The first-order chi connectivity index (χ1) is 19.8. The SMILES string of the molecule is CS(=O)(=O)NC(=O)c1cc(C2CC2)c(OCC2CCN(Cc3ncccc3C(F)(F)F)CC2)cc1F.O=C(O)C(F)(F)F. The van der Waals surface area contributed by atoms with Crippen LogP contribution in [0, 0.1) is 11.7 Å².